The van der Waals surface area contributed by atoms with Gasteiger partial charge in [-0.2, -0.15) is 0 Å². The molecular formula is C48H63N9O19. The number of aromatic hydroxyl groups is 2. The molecule has 76 heavy (non-hydrogen) atoms. The Morgan fingerprint density at radius 3 is 1.18 bits per heavy atom. The van der Waals surface area contributed by atoms with E-state index in [1.54, 1.807) is 13.8 Å². The van der Waals surface area contributed by atoms with Gasteiger partial charge in [-0.15, -0.1) is 0 Å². The molecule has 9 amide bonds. The van der Waals surface area contributed by atoms with Gasteiger partial charge in [0.1, 0.15) is 59.8 Å². The molecule has 1 heterocycles. The number of primary amides is 1. The monoisotopic (exact) mass is 1070 g/mol. The van der Waals surface area contributed by atoms with E-state index in [1.165, 1.54) is 48.5 Å². The predicted octanol–water partition coefficient (Wildman–Crippen LogP) is -2.84. The molecule has 28 nitrogen and oxygen atoms in total. The van der Waals surface area contributed by atoms with Crippen LogP contribution in [-0.2, 0) is 75.2 Å². The lowest BCUT2D eigenvalue weighted by atomic mass is 10.0. The topological polar surface area (TPSA) is 466 Å². The Kier molecular flexibility index (Phi) is 24.1. The van der Waals surface area contributed by atoms with E-state index in [0.717, 1.165) is 0 Å². The van der Waals surface area contributed by atoms with E-state index in [4.69, 9.17) is 5.73 Å². The molecule has 0 spiro atoms. The normalized spacial score (nSPS) is 23.0. The average Bonchev–Trinajstić information content (AvgIpc) is 3.33. The summed E-state index contributed by atoms with van der Waals surface area (Å²) >= 11 is 0. The fourth-order valence-corrected chi connectivity index (χ4v) is 7.58. The highest BCUT2D eigenvalue weighted by atomic mass is 16.4. The van der Waals surface area contributed by atoms with Gasteiger partial charge < -0.3 is 78.9 Å². The molecule has 414 valence electrons. The number of phenols is 2. The first-order valence-electron chi connectivity index (χ1n) is 23.8. The van der Waals surface area contributed by atoms with Gasteiger partial charge in [0.25, 0.3) is 0 Å². The van der Waals surface area contributed by atoms with Gasteiger partial charge in [0.05, 0.1) is 6.42 Å². The maximum absolute atomic E-state index is 14.3. The number of benzene rings is 2. The van der Waals surface area contributed by atoms with Crippen LogP contribution in [0.25, 0.3) is 0 Å². The van der Waals surface area contributed by atoms with Crippen LogP contribution in [0.1, 0.15) is 89.2 Å². The summed E-state index contributed by atoms with van der Waals surface area (Å²) < 4.78 is 0. The fourth-order valence-electron chi connectivity index (χ4n) is 7.58. The Hall–Kier alpha value is -8.85. The Labute approximate surface area is 433 Å². The van der Waals surface area contributed by atoms with Crippen molar-refractivity contribution >= 4 is 77.0 Å². The number of nitrogens with two attached hydrogens (primary N) is 1. The average molecular weight is 1070 g/mol. The van der Waals surface area contributed by atoms with Crippen LogP contribution in [0, 0.1) is 5.92 Å². The van der Waals surface area contributed by atoms with E-state index in [0.29, 0.717) is 5.56 Å². The van der Waals surface area contributed by atoms with Gasteiger partial charge >= 0.3 is 23.9 Å². The summed E-state index contributed by atoms with van der Waals surface area (Å²) in [6.07, 6.45) is -7.70. The Balaban J connectivity index is 2.24. The van der Waals surface area contributed by atoms with Crippen molar-refractivity contribution in [3.63, 3.8) is 0 Å². The SMILES string of the molecule is CC(C)C[C@@H]1NC(=O)[C@H](CCC(=O)O)NC(=O)[C@H](CCC(=O)O)NC(=O)[C@H](CC(=O)O)NC(=O)[C@H](Cc2ccc(O)cc2)NC(=O)[C@H](Cc2ccc(O)cc2)NC(=O)CC[C@@H](C(N)=O)NC(=O)[C@H](CCC(=O)O)NC1=O. The number of aliphatic carboxylic acids is 4. The third-order valence-electron chi connectivity index (χ3n) is 11.5. The van der Waals surface area contributed by atoms with E-state index >= 15 is 0 Å². The molecule has 3 rings (SSSR count). The number of amides is 9. The van der Waals surface area contributed by atoms with Gasteiger partial charge in [0, 0.05) is 38.5 Å². The zero-order valence-corrected chi connectivity index (χ0v) is 41.4. The molecule has 1 fully saturated rings. The van der Waals surface area contributed by atoms with Crippen LogP contribution >= 0.6 is 0 Å². The zero-order chi connectivity index (χ0) is 56.8. The second-order valence-electron chi connectivity index (χ2n) is 18.3. The molecule has 16 N–H and O–H groups in total. The summed E-state index contributed by atoms with van der Waals surface area (Å²) in [7, 11) is 0. The zero-order valence-electron chi connectivity index (χ0n) is 41.4. The molecular weight excluding hydrogens is 1010 g/mol. The molecule has 0 aliphatic carbocycles. The molecule has 0 radical (unpaired) electrons. The van der Waals surface area contributed by atoms with Crippen molar-refractivity contribution in [2.45, 2.75) is 139 Å². The van der Waals surface area contributed by atoms with Crippen LogP contribution < -0.4 is 48.3 Å². The van der Waals surface area contributed by atoms with Gasteiger partial charge in [-0.25, -0.2) is 0 Å². The second kappa shape index (κ2) is 29.7. The van der Waals surface area contributed by atoms with Crippen molar-refractivity contribution in [2.75, 3.05) is 0 Å². The number of carbonyl (C=O) groups excluding carboxylic acids is 9. The third-order valence-corrected chi connectivity index (χ3v) is 11.5. The molecule has 28 heteroatoms. The van der Waals surface area contributed by atoms with Gasteiger partial charge in [0.2, 0.25) is 53.2 Å². The van der Waals surface area contributed by atoms with Crippen LogP contribution in [0.5, 0.6) is 11.5 Å². The first kappa shape index (κ1) is 61.4. The molecule has 2 aromatic rings. The van der Waals surface area contributed by atoms with Crippen LogP contribution in [-0.4, -0.2) is 156 Å². The highest BCUT2D eigenvalue weighted by Crippen LogP contribution is 2.16. The molecule has 0 aromatic heterocycles. The Bertz CT molecular complexity index is 2470. The van der Waals surface area contributed by atoms with Crippen molar-refractivity contribution in [2.24, 2.45) is 11.7 Å². The van der Waals surface area contributed by atoms with Crippen LogP contribution in [0.2, 0.25) is 0 Å². The maximum atomic E-state index is 14.3. The van der Waals surface area contributed by atoms with Crippen LogP contribution in [0.15, 0.2) is 48.5 Å². The predicted molar refractivity (Wildman–Crippen MR) is 260 cm³/mol. The molecule has 8 atom stereocenters. The Morgan fingerprint density at radius 1 is 0.474 bits per heavy atom. The number of nitrogens with one attached hydrogen (secondary N) is 8. The molecule has 1 aliphatic heterocycles. The minimum absolute atomic E-state index is 0.164. The number of hydrogen-bond acceptors (Lipinski definition) is 15. The van der Waals surface area contributed by atoms with Crippen molar-refractivity contribution in [1.29, 1.82) is 0 Å². The molecule has 0 saturated carbocycles. The standard InChI is InChI=1S/C48H63N9O19/c1-23(2)19-32-45(73)53-29(12-16-37(61)62)42(70)51-28(41(49)69)11-15-36(60)50-33(20-24-3-7-26(58)8-4-24)46(74)56-34(21-25-5-9-27(59)10-6-25)47(75)57-35(22-40(67)68)48(76)54-30(13-17-38(63)64)43(71)52-31(44(72)55-32)14-18-39(65)66/h3-10,23,28-35,58-59H,11-22H2,1-2H3,(H2,49,69)(H,50,60)(H,51,70)(H,52,71)(H,53,73)(H,54,76)(H,55,72)(H,56,74)(H,57,75)(H,61,62)(H,63,64)(H,65,66)(H,67,68)/t28-,29-,30-,31-,32-,33-,34-,35-/m0/s1. The van der Waals surface area contributed by atoms with Crippen molar-refractivity contribution in [3.05, 3.63) is 59.7 Å². The lowest BCUT2D eigenvalue weighted by molar-refractivity contribution is -0.142. The number of phenolic OH excluding ortho intramolecular Hbond substituents is 2. The summed E-state index contributed by atoms with van der Waals surface area (Å²) in [5.74, 6) is -17.4. The summed E-state index contributed by atoms with van der Waals surface area (Å²) in [5, 5.41) is 76.8. The summed E-state index contributed by atoms with van der Waals surface area (Å²) in [4.78, 5) is 172. The van der Waals surface area contributed by atoms with Gasteiger partial charge in [0.15, 0.2) is 0 Å². The van der Waals surface area contributed by atoms with Gasteiger partial charge in [-0.1, -0.05) is 38.1 Å². The molecule has 2 aromatic carbocycles. The molecule has 0 bridgehead atoms. The Morgan fingerprint density at radius 2 is 0.803 bits per heavy atom. The van der Waals surface area contributed by atoms with Crippen LogP contribution in [0.3, 0.4) is 0 Å². The molecule has 1 saturated heterocycles. The highest BCUT2D eigenvalue weighted by molar-refractivity contribution is 5.99. The van der Waals surface area contributed by atoms with E-state index in [1.807, 2.05) is 0 Å². The second-order valence-corrected chi connectivity index (χ2v) is 18.3. The first-order chi connectivity index (χ1) is 35.7. The van der Waals surface area contributed by atoms with Crippen molar-refractivity contribution in [1.82, 2.24) is 42.5 Å². The van der Waals surface area contributed by atoms with Crippen molar-refractivity contribution in [3.8, 4) is 11.5 Å². The molecule has 1 aliphatic rings. The lowest BCUT2D eigenvalue weighted by Crippen LogP contribution is -2.61. The highest BCUT2D eigenvalue weighted by Gasteiger charge is 2.36. The molecule has 0 unspecified atom stereocenters. The number of carboxylic acids is 4. The van der Waals surface area contributed by atoms with Gasteiger partial charge in [-0.05, 0) is 73.4 Å². The summed E-state index contributed by atoms with van der Waals surface area (Å²) in [6, 6.07) is -3.70. The number of carbonyl (C=O) groups is 13. The van der Waals surface area contributed by atoms with E-state index in [-0.39, 0.29) is 29.9 Å². The van der Waals surface area contributed by atoms with E-state index in [2.05, 4.69) is 42.5 Å². The summed E-state index contributed by atoms with van der Waals surface area (Å²) in [6.45, 7) is 3.24. The van der Waals surface area contributed by atoms with E-state index < -0.39 is 196 Å². The smallest absolute Gasteiger partial charge is 0.305 e. The minimum Gasteiger partial charge on any atom is -0.508 e. The quantitative estimate of drug-likeness (QED) is 0.0715. The minimum atomic E-state index is -2.09. The largest absolute Gasteiger partial charge is 0.508 e. The number of rotatable bonds is 18. The third kappa shape index (κ3) is 21.7. The van der Waals surface area contributed by atoms with Crippen LogP contribution in [0.4, 0.5) is 0 Å². The lowest BCUT2D eigenvalue weighted by Gasteiger charge is -2.28. The number of hydrogen-bond donors (Lipinski definition) is 15. The summed E-state index contributed by atoms with van der Waals surface area (Å²) in [5.41, 5.74) is 6.22. The number of carboxylic acid groups (broad SMARTS) is 4. The van der Waals surface area contributed by atoms with Gasteiger partial charge in [-0.3, -0.25) is 62.3 Å². The fraction of sp³-hybridized carbons (Fsp3) is 0.479. The van der Waals surface area contributed by atoms with Crippen molar-refractivity contribution < 1.29 is 93.0 Å². The van der Waals surface area contributed by atoms with E-state index in [9.17, 15) is 93.0 Å². The first-order valence-corrected chi connectivity index (χ1v) is 23.8. The maximum Gasteiger partial charge on any atom is 0.305 e.